The van der Waals surface area contributed by atoms with E-state index in [0.717, 1.165) is 79.7 Å². The summed E-state index contributed by atoms with van der Waals surface area (Å²) in [5, 5.41) is 12.0. The van der Waals surface area contributed by atoms with Gasteiger partial charge in [-0.15, -0.1) is 42.3 Å². The van der Waals surface area contributed by atoms with Crippen LogP contribution in [0.15, 0.2) is 95.5 Å². The second-order valence-electron chi connectivity index (χ2n) is 13.2. The Bertz CT molecular complexity index is 1900. The van der Waals surface area contributed by atoms with Gasteiger partial charge in [0.2, 0.25) is 0 Å². The van der Waals surface area contributed by atoms with Crippen molar-refractivity contribution >= 4 is 48.9 Å². The SMILES string of the molecule is C.C#CCCCCCCc1cnc(N)[nH]1.C/C(=C\c1ccccc1)CN=[N+]=[N-].C/C(=C\c1ccccc1)Cn1cc(CCCCCCc2cnc(N)[nH]2)nn1.Cl.Cl. The summed E-state index contributed by atoms with van der Waals surface area (Å²) < 4.78 is 1.92. The summed E-state index contributed by atoms with van der Waals surface area (Å²) in [5.74, 6) is 3.66. The number of unbranched alkanes of at least 4 members (excludes halogenated alkanes) is 7. The average Bonchev–Trinajstić information content (AvgIpc) is 3.92. The third kappa shape index (κ3) is 23.9. The number of rotatable bonds is 19. The van der Waals surface area contributed by atoms with Gasteiger partial charge in [-0.05, 0) is 75.5 Å². The predicted octanol–water partition coefficient (Wildman–Crippen LogP) is 11.0. The van der Waals surface area contributed by atoms with E-state index in [0.29, 0.717) is 18.4 Å². The fourth-order valence-corrected chi connectivity index (χ4v) is 5.57. The van der Waals surface area contributed by atoms with E-state index in [-0.39, 0.29) is 32.2 Å². The summed E-state index contributed by atoms with van der Waals surface area (Å²) in [6.45, 7) is 5.28. The lowest BCUT2D eigenvalue weighted by molar-refractivity contribution is 0.630. The van der Waals surface area contributed by atoms with Crippen LogP contribution in [0.5, 0.6) is 0 Å². The van der Waals surface area contributed by atoms with Crippen LogP contribution in [-0.2, 0) is 25.8 Å². The molecule has 6 N–H and O–H groups in total. The number of nitrogens with zero attached hydrogens (tertiary/aromatic N) is 8. The molecule has 2 aromatic carbocycles. The van der Waals surface area contributed by atoms with E-state index < -0.39 is 0 Å². The minimum atomic E-state index is 0. The van der Waals surface area contributed by atoms with Crippen molar-refractivity contribution in [1.29, 1.82) is 0 Å². The van der Waals surface area contributed by atoms with Crippen LogP contribution in [0, 0.1) is 12.3 Å². The number of halogens is 2. The number of benzene rings is 2. The van der Waals surface area contributed by atoms with E-state index in [1.165, 1.54) is 43.2 Å². The number of H-pyrrole nitrogens is 2. The summed E-state index contributed by atoms with van der Waals surface area (Å²) in [7, 11) is 0. The van der Waals surface area contributed by atoms with Crippen LogP contribution in [0.3, 0.4) is 0 Å². The molecule has 0 saturated heterocycles. The van der Waals surface area contributed by atoms with Gasteiger partial charge in [0.05, 0.1) is 24.6 Å². The monoisotopic (exact) mass is 816 g/mol. The van der Waals surface area contributed by atoms with Gasteiger partial charge in [-0.3, -0.25) is 0 Å². The van der Waals surface area contributed by atoms with Crippen molar-refractivity contribution in [3.8, 4) is 12.3 Å². The number of aromatic nitrogens is 7. The third-order valence-corrected chi connectivity index (χ3v) is 8.25. The summed E-state index contributed by atoms with van der Waals surface area (Å²) in [4.78, 5) is 16.7. The smallest absolute Gasteiger partial charge is 0.197 e. The zero-order valence-corrected chi connectivity index (χ0v) is 34.3. The molecule has 14 heteroatoms. The molecule has 3 heterocycles. The lowest BCUT2D eigenvalue weighted by atomic mass is 10.1. The number of imidazole rings is 2. The Balaban J connectivity index is 0.000000889. The first-order valence-corrected chi connectivity index (χ1v) is 18.7. The molecule has 5 aromatic rings. The summed E-state index contributed by atoms with van der Waals surface area (Å²) in [6.07, 6.45) is 28.4. The summed E-state index contributed by atoms with van der Waals surface area (Å²) in [6, 6.07) is 20.3. The normalized spacial score (nSPS) is 10.5. The number of nitrogen functional groups attached to an aromatic ring is 2. The standard InChI is InChI=1S/C21H28N6.C11H17N3.C10H11N3.CH4.2ClH/c1-17(13-18-9-5-4-6-10-18)15-27-16-20(25-26-27)12-8-3-2-7-11-19-14-23-21(22)24-19;1-2-3-4-5-6-7-8-10-9-13-11(12)14-10;1-9(8-12-13-11)7-10-5-3-2-4-6-10;;;/h4-6,9-10,13-14,16H,2-3,7-8,11-12,15H2,1H3,(H3,22,23,24);1,9H,3-8H2,(H3,12,13,14);2-7H,8H2,1H3;1H4;2*1H/b17-13+;;9-7+;;;. The summed E-state index contributed by atoms with van der Waals surface area (Å²) in [5.41, 5.74) is 27.1. The molecular weight excluding hydrogens is 755 g/mol. The molecule has 0 atom stereocenters. The molecule has 5 rings (SSSR count). The van der Waals surface area contributed by atoms with Gasteiger partial charge in [0.25, 0.3) is 0 Å². The second-order valence-corrected chi connectivity index (χ2v) is 13.2. The first-order chi connectivity index (χ1) is 26.3. The van der Waals surface area contributed by atoms with Crippen molar-refractivity contribution in [2.75, 3.05) is 18.0 Å². The second kappa shape index (κ2) is 31.7. The quantitative estimate of drug-likeness (QED) is 0.0211. The van der Waals surface area contributed by atoms with Crippen LogP contribution in [-0.4, -0.2) is 41.5 Å². The van der Waals surface area contributed by atoms with Crippen molar-refractivity contribution < 1.29 is 0 Å². The maximum Gasteiger partial charge on any atom is 0.197 e. The number of aromatic amines is 2. The first kappa shape index (κ1) is 51.5. The Labute approximate surface area is 351 Å². The highest BCUT2D eigenvalue weighted by atomic mass is 35.5. The van der Waals surface area contributed by atoms with Gasteiger partial charge in [0.15, 0.2) is 11.9 Å². The number of allylic oxidation sites excluding steroid dienone is 1. The Morgan fingerprint density at radius 3 is 1.74 bits per heavy atom. The highest BCUT2D eigenvalue weighted by Crippen LogP contribution is 2.12. The Morgan fingerprint density at radius 2 is 1.26 bits per heavy atom. The number of hydrogen-bond acceptors (Lipinski definition) is 7. The van der Waals surface area contributed by atoms with E-state index in [2.05, 4.69) is 89.7 Å². The molecule has 0 aliphatic carbocycles. The molecule has 57 heavy (non-hydrogen) atoms. The number of hydrogen-bond donors (Lipinski definition) is 4. The lowest BCUT2D eigenvalue weighted by Crippen LogP contribution is -1.99. The number of nitrogens with two attached hydrogens (primary N) is 2. The highest BCUT2D eigenvalue weighted by Gasteiger charge is 2.03. The van der Waals surface area contributed by atoms with Crippen LogP contribution in [0.4, 0.5) is 11.9 Å². The zero-order chi connectivity index (χ0) is 38.6. The Morgan fingerprint density at radius 1 is 0.772 bits per heavy atom. The van der Waals surface area contributed by atoms with Crippen LogP contribution in [0.1, 0.15) is 107 Å². The number of anilines is 2. The third-order valence-electron chi connectivity index (χ3n) is 8.25. The number of azide groups is 1. The Hall–Kier alpha value is -5.47. The minimum Gasteiger partial charge on any atom is -0.369 e. The number of aryl methyl sites for hydroxylation is 3. The fourth-order valence-electron chi connectivity index (χ4n) is 5.57. The van der Waals surface area contributed by atoms with E-state index in [1.807, 2.05) is 60.3 Å². The lowest BCUT2D eigenvalue weighted by Gasteiger charge is -2.01. The van der Waals surface area contributed by atoms with Crippen molar-refractivity contribution in [2.45, 2.75) is 105 Å². The van der Waals surface area contributed by atoms with E-state index >= 15 is 0 Å². The molecule has 0 radical (unpaired) electrons. The fraction of sp³-hybridized carbons (Fsp3) is 0.395. The molecule has 0 fully saturated rings. The van der Waals surface area contributed by atoms with Crippen molar-refractivity contribution in [3.63, 3.8) is 0 Å². The highest BCUT2D eigenvalue weighted by molar-refractivity contribution is 5.85. The molecule has 0 aliphatic rings. The molecule has 0 bridgehead atoms. The van der Waals surface area contributed by atoms with Gasteiger partial charge in [-0.2, -0.15) is 0 Å². The molecule has 308 valence electrons. The van der Waals surface area contributed by atoms with Crippen LogP contribution in [0.2, 0.25) is 0 Å². The van der Waals surface area contributed by atoms with E-state index in [9.17, 15) is 0 Å². The van der Waals surface area contributed by atoms with E-state index in [1.54, 1.807) is 6.20 Å². The molecule has 0 amide bonds. The van der Waals surface area contributed by atoms with Crippen LogP contribution in [0.25, 0.3) is 22.6 Å². The van der Waals surface area contributed by atoms with Gasteiger partial charge in [-0.1, -0.05) is 127 Å². The molecule has 0 aliphatic heterocycles. The maximum atomic E-state index is 8.11. The predicted molar refractivity (Wildman–Crippen MR) is 243 cm³/mol. The van der Waals surface area contributed by atoms with Crippen molar-refractivity contribution in [1.82, 2.24) is 34.9 Å². The topological polar surface area (TPSA) is 189 Å². The number of nitrogens with one attached hydrogen (secondary N) is 2. The molecule has 0 unspecified atom stereocenters. The molecule has 3 aromatic heterocycles. The van der Waals surface area contributed by atoms with Crippen LogP contribution < -0.4 is 11.5 Å². The average molecular weight is 818 g/mol. The number of terminal acetylenes is 1. The first-order valence-electron chi connectivity index (χ1n) is 18.7. The van der Waals surface area contributed by atoms with Gasteiger partial charge >= 0.3 is 0 Å². The van der Waals surface area contributed by atoms with Gasteiger partial charge < -0.3 is 21.4 Å². The summed E-state index contributed by atoms with van der Waals surface area (Å²) >= 11 is 0. The molecular formula is C43H62Cl2N12. The zero-order valence-electron chi connectivity index (χ0n) is 32.7. The van der Waals surface area contributed by atoms with Gasteiger partial charge in [0, 0.05) is 35.5 Å². The minimum absolute atomic E-state index is 0. The Kier molecular flexibility index (Phi) is 28.7. The van der Waals surface area contributed by atoms with Gasteiger partial charge in [-0.25, -0.2) is 14.6 Å². The van der Waals surface area contributed by atoms with Crippen LogP contribution >= 0.6 is 24.8 Å². The molecule has 0 saturated carbocycles. The molecule has 0 spiro atoms. The van der Waals surface area contributed by atoms with E-state index in [4.69, 9.17) is 23.4 Å². The van der Waals surface area contributed by atoms with Crippen molar-refractivity contribution in [2.24, 2.45) is 5.11 Å². The van der Waals surface area contributed by atoms with Crippen molar-refractivity contribution in [3.05, 3.63) is 129 Å². The molecule has 12 nitrogen and oxygen atoms in total. The maximum absolute atomic E-state index is 8.11. The largest absolute Gasteiger partial charge is 0.369 e. The van der Waals surface area contributed by atoms with Gasteiger partial charge in [0.1, 0.15) is 0 Å².